The average molecular weight is 479 g/mol. The molecule has 0 atom stereocenters. The molecule has 0 rings (SSSR count). The van der Waals surface area contributed by atoms with Crippen LogP contribution >= 0.6 is 0 Å². The van der Waals surface area contributed by atoms with Crippen molar-refractivity contribution in [1.82, 2.24) is 5.32 Å². The van der Waals surface area contributed by atoms with Gasteiger partial charge in [0, 0.05) is 25.8 Å². The standard InChI is InChI=1S/C24H50N2O5S/c1-4-5-6-7-8-9-10-11-12-13-14-15-16-19-24(27)25-20-17-21-26(2,3)22-18-23-31-32(28,29)30/h4-23H2,1-3H3,(H-,25,27,28,29,30). The summed E-state index contributed by atoms with van der Waals surface area (Å²) in [6.07, 6.45) is 18.9. The Hall–Kier alpha value is -0.700. The minimum Gasteiger partial charge on any atom is -0.726 e. The van der Waals surface area contributed by atoms with E-state index in [-0.39, 0.29) is 12.5 Å². The Labute approximate surface area is 198 Å². The Bertz CT molecular complexity index is 553. The molecule has 0 aromatic heterocycles. The van der Waals surface area contributed by atoms with Crippen molar-refractivity contribution >= 4 is 16.3 Å². The molecule has 192 valence electrons. The van der Waals surface area contributed by atoms with Crippen LogP contribution in [0.1, 0.15) is 110 Å². The highest BCUT2D eigenvalue weighted by atomic mass is 32.3. The Morgan fingerprint density at radius 1 is 0.781 bits per heavy atom. The summed E-state index contributed by atoms with van der Waals surface area (Å²) in [5, 5.41) is 2.99. The predicted molar refractivity (Wildman–Crippen MR) is 130 cm³/mol. The lowest BCUT2D eigenvalue weighted by Crippen LogP contribution is -2.43. The van der Waals surface area contributed by atoms with Crippen LogP contribution < -0.4 is 5.32 Å². The molecule has 0 saturated carbocycles. The first kappa shape index (κ1) is 31.3. The first-order valence-electron chi connectivity index (χ1n) is 12.9. The second kappa shape index (κ2) is 19.7. The van der Waals surface area contributed by atoms with Gasteiger partial charge in [-0.15, -0.1) is 0 Å². The Kier molecular flexibility index (Phi) is 19.3. The van der Waals surface area contributed by atoms with Gasteiger partial charge in [-0.3, -0.25) is 8.98 Å². The van der Waals surface area contributed by atoms with Crippen molar-refractivity contribution in [3.63, 3.8) is 0 Å². The molecule has 0 radical (unpaired) electrons. The van der Waals surface area contributed by atoms with Crippen LogP contribution in [-0.2, 0) is 19.4 Å². The molecule has 1 amide bonds. The first-order chi connectivity index (χ1) is 15.2. The summed E-state index contributed by atoms with van der Waals surface area (Å²) >= 11 is 0. The number of rotatable bonds is 23. The minimum atomic E-state index is -4.60. The Balaban J connectivity index is 3.45. The normalized spacial score (nSPS) is 12.2. The molecule has 0 bridgehead atoms. The zero-order valence-electron chi connectivity index (χ0n) is 21.0. The van der Waals surface area contributed by atoms with Gasteiger partial charge in [-0.1, -0.05) is 84.0 Å². The highest BCUT2D eigenvalue weighted by Crippen LogP contribution is 2.13. The molecule has 32 heavy (non-hydrogen) atoms. The van der Waals surface area contributed by atoms with Gasteiger partial charge < -0.3 is 14.4 Å². The zero-order chi connectivity index (χ0) is 24.1. The maximum absolute atomic E-state index is 12.0. The topological polar surface area (TPSA) is 95.5 Å². The molecule has 0 aromatic carbocycles. The Morgan fingerprint density at radius 3 is 1.75 bits per heavy atom. The number of hydrogen-bond donors (Lipinski definition) is 1. The molecule has 0 unspecified atom stereocenters. The van der Waals surface area contributed by atoms with E-state index in [0.717, 1.165) is 25.8 Å². The van der Waals surface area contributed by atoms with E-state index in [1.54, 1.807) is 0 Å². The van der Waals surface area contributed by atoms with Crippen molar-refractivity contribution in [3.8, 4) is 0 Å². The monoisotopic (exact) mass is 478 g/mol. The number of quaternary nitrogens is 1. The lowest BCUT2D eigenvalue weighted by molar-refractivity contribution is -0.890. The SMILES string of the molecule is CCCCCCCCCCCCCCCC(=O)NCCC[N+](C)(C)CCCOS(=O)(=O)[O-]. The van der Waals surface area contributed by atoms with Crippen LogP contribution in [0.25, 0.3) is 0 Å². The van der Waals surface area contributed by atoms with E-state index in [2.05, 4.69) is 16.4 Å². The van der Waals surface area contributed by atoms with Crippen LogP contribution in [-0.4, -0.2) is 63.7 Å². The third-order valence-corrected chi connectivity index (χ3v) is 6.36. The molecule has 0 fully saturated rings. The fourth-order valence-electron chi connectivity index (χ4n) is 3.89. The number of hydrogen-bond acceptors (Lipinski definition) is 5. The number of carbonyl (C=O) groups excluding carboxylic acids is 1. The molecular weight excluding hydrogens is 428 g/mol. The van der Waals surface area contributed by atoms with Crippen LogP contribution in [0, 0.1) is 0 Å². The van der Waals surface area contributed by atoms with Crippen LogP contribution in [0.3, 0.4) is 0 Å². The van der Waals surface area contributed by atoms with E-state index >= 15 is 0 Å². The molecule has 0 saturated heterocycles. The van der Waals surface area contributed by atoms with E-state index in [0.29, 0.717) is 30.4 Å². The van der Waals surface area contributed by atoms with Gasteiger partial charge in [0.25, 0.3) is 0 Å². The second-order valence-corrected chi connectivity index (χ2v) is 10.7. The van der Waals surface area contributed by atoms with E-state index in [9.17, 15) is 17.8 Å². The van der Waals surface area contributed by atoms with Crippen LogP contribution in [0.15, 0.2) is 0 Å². The molecule has 0 aliphatic carbocycles. The fraction of sp³-hybridized carbons (Fsp3) is 0.958. The smallest absolute Gasteiger partial charge is 0.219 e. The summed E-state index contributed by atoms with van der Waals surface area (Å²) in [5.74, 6) is 0.132. The zero-order valence-corrected chi connectivity index (χ0v) is 21.9. The molecule has 0 spiro atoms. The third kappa shape index (κ3) is 24.0. The molecule has 0 aromatic rings. The van der Waals surface area contributed by atoms with E-state index in [1.165, 1.54) is 70.6 Å². The molecule has 1 N–H and O–H groups in total. The highest BCUT2D eigenvalue weighted by molar-refractivity contribution is 7.80. The number of amides is 1. The van der Waals surface area contributed by atoms with Gasteiger partial charge in [0.15, 0.2) is 0 Å². The van der Waals surface area contributed by atoms with Gasteiger partial charge in [-0.05, 0) is 6.42 Å². The van der Waals surface area contributed by atoms with Gasteiger partial charge in [-0.25, -0.2) is 8.42 Å². The van der Waals surface area contributed by atoms with Crippen LogP contribution in [0.2, 0.25) is 0 Å². The number of nitrogens with zero attached hydrogens (tertiary/aromatic N) is 1. The summed E-state index contributed by atoms with van der Waals surface area (Å²) in [6.45, 7) is 4.41. The summed E-state index contributed by atoms with van der Waals surface area (Å²) in [5.41, 5.74) is 0. The molecule has 7 nitrogen and oxygen atoms in total. The van der Waals surface area contributed by atoms with Crippen molar-refractivity contribution in [2.24, 2.45) is 0 Å². The predicted octanol–water partition coefficient (Wildman–Crippen LogP) is 4.92. The van der Waals surface area contributed by atoms with Gasteiger partial charge in [-0.2, -0.15) is 0 Å². The van der Waals surface area contributed by atoms with Gasteiger partial charge in [0.05, 0.1) is 33.8 Å². The number of unbranched alkanes of at least 4 members (excludes halogenated alkanes) is 12. The first-order valence-corrected chi connectivity index (χ1v) is 14.2. The maximum Gasteiger partial charge on any atom is 0.219 e. The van der Waals surface area contributed by atoms with Crippen LogP contribution in [0.5, 0.6) is 0 Å². The highest BCUT2D eigenvalue weighted by Gasteiger charge is 2.14. The fourth-order valence-corrected chi connectivity index (χ4v) is 4.21. The summed E-state index contributed by atoms with van der Waals surface area (Å²) in [4.78, 5) is 12.0. The van der Waals surface area contributed by atoms with Crippen molar-refractivity contribution in [2.45, 2.75) is 110 Å². The third-order valence-electron chi connectivity index (χ3n) is 5.91. The Morgan fingerprint density at radius 2 is 1.25 bits per heavy atom. The lowest BCUT2D eigenvalue weighted by Gasteiger charge is -2.30. The van der Waals surface area contributed by atoms with Gasteiger partial charge in [0.1, 0.15) is 0 Å². The molecule has 0 heterocycles. The van der Waals surface area contributed by atoms with E-state index in [1.807, 2.05) is 14.1 Å². The van der Waals surface area contributed by atoms with Crippen molar-refractivity contribution < 1.29 is 26.4 Å². The lowest BCUT2D eigenvalue weighted by atomic mass is 10.0. The molecular formula is C24H50N2O5S. The second-order valence-electron chi connectivity index (χ2n) is 9.66. The quantitative estimate of drug-likeness (QED) is 0.0973. The van der Waals surface area contributed by atoms with Gasteiger partial charge in [0.2, 0.25) is 16.3 Å². The van der Waals surface area contributed by atoms with E-state index in [4.69, 9.17) is 0 Å². The largest absolute Gasteiger partial charge is 0.726 e. The minimum absolute atomic E-state index is 0.0800. The summed E-state index contributed by atoms with van der Waals surface area (Å²) < 4.78 is 36.2. The van der Waals surface area contributed by atoms with Crippen LogP contribution in [0.4, 0.5) is 0 Å². The summed E-state index contributed by atoms with van der Waals surface area (Å²) in [7, 11) is -0.513. The van der Waals surface area contributed by atoms with Crippen molar-refractivity contribution in [2.75, 3.05) is 40.3 Å². The molecule has 8 heteroatoms. The van der Waals surface area contributed by atoms with Crippen molar-refractivity contribution in [1.29, 1.82) is 0 Å². The van der Waals surface area contributed by atoms with Gasteiger partial charge >= 0.3 is 0 Å². The van der Waals surface area contributed by atoms with E-state index < -0.39 is 10.4 Å². The molecule has 0 aliphatic heterocycles. The average Bonchev–Trinajstić information content (AvgIpc) is 2.71. The maximum atomic E-state index is 12.0. The summed E-state index contributed by atoms with van der Waals surface area (Å²) in [6, 6.07) is 0. The number of nitrogens with one attached hydrogen (secondary N) is 1. The van der Waals surface area contributed by atoms with Crippen molar-refractivity contribution in [3.05, 3.63) is 0 Å². The molecule has 0 aliphatic rings. The number of carbonyl (C=O) groups is 1.